The van der Waals surface area contributed by atoms with Crippen LogP contribution in [0.1, 0.15) is 24.0 Å². The third kappa shape index (κ3) is 3.41. The normalized spacial score (nSPS) is 14.9. The number of aliphatic hydroxyl groups is 1. The molecule has 1 heterocycles. The van der Waals surface area contributed by atoms with Crippen molar-refractivity contribution >= 4 is 0 Å². The first-order valence-corrected chi connectivity index (χ1v) is 7.66. The number of hydrogen-bond acceptors (Lipinski definition) is 3. The van der Waals surface area contributed by atoms with Gasteiger partial charge in [0.15, 0.2) is 0 Å². The molecule has 0 fully saturated rings. The van der Waals surface area contributed by atoms with Gasteiger partial charge in [-0.3, -0.25) is 0 Å². The lowest BCUT2D eigenvalue weighted by Crippen LogP contribution is -2.38. The molecule has 130 valence electrons. The molecule has 0 bridgehead atoms. The smallest absolute Gasteiger partial charge is 0.137 e. The van der Waals surface area contributed by atoms with Crippen molar-refractivity contribution in [3.05, 3.63) is 83.7 Å². The molecule has 0 saturated carbocycles. The number of hydrogen-bond donors (Lipinski definition) is 1. The SMILES string of the molecule is CC(c1cccc(F)c1)C(O)(Cn1cncn1)c1ccc(F)cc1F. The Labute approximate surface area is 142 Å². The molecule has 2 atom stereocenters. The molecule has 25 heavy (non-hydrogen) atoms. The molecule has 4 nitrogen and oxygen atoms in total. The van der Waals surface area contributed by atoms with Crippen LogP contribution in [0, 0.1) is 17.5 Å². The second-order valence-electron chi connectivity index (χ2n) is 5.92. The summed E-state index contributed by atoms with van der Waals surface area (Å²) >= 11 is 0. The summed E-state index contributed by atoms with van der Waals surface area (Å²) in [4.78, 5) is 3.81. The highest BCUT2D eigenvalue weighted by atomic mass is 19.1. The number of benzene rings is 2. The second kappa shape index (κ2) is 6.68. The van der Waals surface area contributed by atoms with Crippen molar-refractivity contribution in [1.82, 2.24) is 14.8 Å². The van der Waals surface area contributed by atoms with E-state index >= 15 is 0 Å². The number of nitrogens with zero attached hydrogens (tertiary/aromatic N) is 3. The maximum atomic E-state index is 14.4. The maximum absolute atomic E-state index is 14.4. The van der Waals surface area contributed by atoms with Crippen LogP contribution in [0.3, 0.4) is 0 Å². The highest BCUT2D eigenvalue weighted by molar-refractivity contribution is 5.32. The van der Waals surface area contributed by atoms with Crippen molar-refractivity contribution in [2.24, 2.45) is 0 Å². The first kappa shape index (κ1) is 17.2. The largest absolute Gasteiger partial charge is 0.382 e. The van der Waals surface area contributed by atoms with E-state index in [0.29, 0.717) is 11.6 Å². The fourth-order valence-electron chi connectivity index (χ4n) is 2.91. The molecular formula is C18H16F3N3O. The Morgan fingerprint density at radius 1 is 1.12 bits per heavy atom. The minimum Gasteiger partial charge on any atom is -0.382 e. The van der Waals surface area contributed by atoms with E-state index < -0.39 is 29.0 Å². The average Bonchev–Trinajstić information content (AvgIpc) is 3.06. The lowest BCUT2D eigenvalue weighted by Gasteiger charge is -2.35. The molecule has 0 spiro atoms. The molecule has 1 aromatic heterocycles. The predicted octanol–water partition coefficient (Wildman–Crippen LogP) is 3.39. The molecule has 0 saturated heterocycles. The van der Waals surface area contributed by atoms with Crippen LogP contribution in [0.15, 0.2) is 55.1 Å². The van der Waals surface area contributed by atoms with E-state index in [1.807, 2.05) is 0 Å². The zero-order valence-electron chi connectivity index (χ0n) is 13.4. The third-order valence-corrected chi connectivity index (χ3v) is 4.33. The molecule has 3 aromatic rings. The number of aromatic nitrogens is 3. The molecule has 0 aliphatic carbocycles. The standard InChI is InChI=1S/C18H16F3N3O/c1-12(13-3-2-4-14(19)7-13)18(25,9-24-11-22-10-23-24)16-6-5-15(20)8-17(16)21/h2-8,10-12,25H,9H2,1H3. The summed E-state index contributed by atoms with van der Waals surface area (Å²) in [5.74, 6) is -2.80. The molecule has 0 amide bonds. The Kier molecular flexibility index (Phi) is 4.59. The summed E-state index contributed by atoms with van der Waals surface area (Å²) in [5, 5.41) is 15.3. The molecule has 2 unspecified atom stereocenters. The summed E-state index contributed by atoms with van der Waals surface area (Å²) in [5.41, 5.74) is -1.41. The van der Waals surface area contributed by atoms with Crippen molar-refractivity contribution in [3.8, 4) is 0 Å². The third-order valence-electron chi connectivity index (χ3n) is 4.33. The Bertz CT molecular complexity index is 870. The van der Waals surface area contributed by atoms with Crippen LogP contribution in [0.25, 0.3) is 0 Å². The van der Waals surface area contributed by atoms with Gasteiger partial charge in [0.05, 0.1) is 6.54 Å². The van der Waals surface area contributed by atoms with Crippen LogP contribution in [0.2, 0.25) is 0 Å². The summed E-state index contributed by atoms with van der Waals surface area (Å²) in [6, 6.07) is 8.68. The molecule has 3 rings (SSSR count). The zero-order chi connectivity index (χ0) is 18.0. The molecule has 7 heteroatoms. The minimum absolute atomic E-state index is 0.0961. The van der Waals surface area contributed by atoms with E-state index in [0.717, 1.165) is 6.07 Å². The quantitative estimate of drug-likeness (QED) is 0.770. The van der Waals surface area contributed by atoms with Crippen LogP contribution in [0.4, 0.5) is 13.2 Å². The second-order valence-corrected chi connectivity index (χ2v) is 5.92. The van der Waals surface area contributed by atoms with Crippen LogP contribution in [-0.4, -0.2) is 19.9 Å². The van der Waals surface area contributed by atoms with Crippen LogP contribution < -0.4 is 0 Å². The summed E-state index contributed by atoms with van der Waals surface area (Å²) in [7, 11) is 0. The first-order chi connectivity index (χ1) is 11.9. The van der Waals surface area contributed by atoms with Gasteiger partial charge < -0.3 is 5.11 Å². The Balaban J connectivity index is 2.11. The van der Waals surface area contributed by atoms with E-state index in [1.165, 1.54) is 41.6 Å². The van der Waals surface area contributed by atoms with Gasteiger partial charge in [0.25, 0.3) is 0 Å². The minimum atomic E-state index is -1.79. The van der Waals surface area contributed by atoms with Gasteiger partial charge in [-0.1, -0.05) is 25.1 Å². The van der Waals surface area contributed by atoms with Crippen molar-refractivity contribution in [1.29, 1.82) is 0 Å². The van der Waals surface area contributed by atoms with Crippen molar-refractivity contribution < 1.29 is 18.3 Å². The molecule has 0 aliphatic rings. The van der Waals surface area contributed by atoms with E-state index in [2.05, 4.69) is 10.1 Å². The van der Waals surface area contributed by atoms with E-state index in [9.17, 15) is 18.3 Å². The zero-order valence-corrected chi connectivity index (χ0v) is 13.4. The summed E-state index contributed by atoms with van der Waals surface area (Å²) in [6.07, 6.45) is 2.67. The van der Waals surface area contributed by atoms with E-state index in [4.69, 9.17) is 0 Å². The molecular weight excluding hydrogens is 331 g/mol. The van der Waals surface area contributed by atoms with Crippen molar-refractivity contribution in [2.45, 2.75) is 25.0 Å². The van der Waals surface area contributed by atoms with Crippen molar-refractivity contribution in [3.63, 3.8) is 0 Å². The van der Waals surface area contributed by atoms with Crippen LogP contribution in [0.5, 0.6) is 0 Å². The summed E-state index contributed by atoms with van der Waals surface area (Å²) < 4.78 is 42.6. The van der Waals surface area contributed by atoms with Gasteiger partial charge in [0.2, 0.25) is 0 Å². The Hall–Kier alpha value is -2.67. The van der Waals surface area contributed by atoms with Crippen molar-refractivity contribution in [2.75, 3.05) is 0 Å². The summed E-state index contributed by atoms with van der Waals surface area (Å²) in [6.45, 7) is 1.52. The first-order valence-electron chi connectivity index (χ1n) is 7.66. The predicted molar refractivity (Wildman–Crippen MR) is 85.1 cm³/mol. The highest BCUT2D eigenvalue weighted by Crippen LogP contribution is 2.39. The van der Waals surface area contributed by atoms with Crippen LogP contribution >= 0.6 is 0 Å². The number of rotatable bonds is 5. The van der Waals surface area contributed by atoms with Gasteiger partial charge in [0, 0.05) is 17.5 Å². The fraction of sp³-hybridized carbons (Fsp3) is 0.222. The van der Waals surface area contributed by atoms with Gasteiger partial charge in [-0.25, -0.2) is 22.8 Å². The highest BCUT2D eigenvalue weighted by Gasteiger charge is 2.40. The van der Waals surface area contributed by atoms with Gasteiger partial charge >= 0.3 is 0 Å². The van der Waals surface area contributed by atoms with Gasteiger partial charge in [0.1, 0.15) is 35.7 Å². The molecule has 0 aliphatic heterocycles. The lowest BCUT2D eigenvalue weighted by atomic mass is 9.78. The molecule has 2 aromatic carbocycles. The number of halogens is 3. The maximum Gasteiger partial charge on any atom is 0.137 e. The fourth-order valence-corrected chi connectivity index (χ4v) is 2.91. The van der Waals surface area contributed by atoms with Gasteiger partial charge in [-0.05, 0) is 23.8 Å². The Morgan fingerprint density at radius 3 is 2.52 bits per heavy atom. The van der Waals surface area contributed by atoms with Gasteiger partial charge in [-0.2, -0.15) is 5.10 Å². The monoisotopic (exact) mass is 347 g/mol. The van der Waals surface area contributed by atoms with E-state index in [-0.39, 0.29) is 12.1 Å². The molecule has 1 N–H and O–H groups in total. The average molecular weight is 347 g/mol. The molecule has 0 radical (unpaired) electrons. The topological polar surface area (TPSA) is 50.9 Å². The van der Waals surface area contributed by atoms with Gasteiger partial charge in [-0.15, -0.1) is 0 Å². The van der Waals surface area contributed by atoms with E-state index in [1.54, 1.807) is 13.0 Å². The van der Waals surface area contributed by atoms with Crippen LogP contribution in [-0.2, 0) is 12.1 Å². The Morgan fingerprint density at radius 2 is 1.88 bits per heavy atom. The lowest BCUT2D eigenvalue weighted by molar-refractivity contribution is -0.0112.